The SMILES string of the molecule is [3H]O[C@@H](C#CCC[C@H](CCCCC)OC1CCCCO1)c1cccc(C)c1CC=C. The quantitative estimate of drug-likeness (QED) is 0.264. The predicted octanol–water partition coefficient (Wildman–Crippen LogP) is 6.03. The Morgan fingerprint density at radius 1 is 1.38 bits per heavy atom. The zero-order chi connectivity index (χ0) is 21.6. The van der Waals surface area contributed by atoms with Gasteiger partial charge in [0.25, 0.3) is 0 Å². The molecule has 3 atom stereocenters. The van der Waals surface area contributed by atoms with Gasteiger partial charge in [0.1, 0.15) is 6.10 Å². The van der Waals surface area contributed by atoms with E-state index in [2.05, 4.69) is 38.3 Å². The average Bonchev–Trinajstić information content (AvgIpc) is 2.76. The molecule has 1 aromatic rings. The van der Waals surface area contributed by atoms with Crippen LogP contribution in [0, 0.1) is 18.8 Å². The van der Waals surface area contributed by atoms with Crippen molar-refractivity contribution in [3.8, 4) is 11.8 Å². The highest BCUT2D eigenvalue weighted by atomic mass is 16.7. The molecule has 0 bridgehead atoms. The molecule has 0 aliphatic carbocycles. The largest absolute Gasteiger partial charge is 0.376 e. The molecule has 1 fully saturated rings. The number of unbranched alkanes of at least 4 members (excludes halogenated alkanes) is 2. The minimum atomic E-state index is -0.541. The number of ether oxygens (including phenoxy) is 2. The summed E-state index contributed by atoms with van der Waals surface area (Å²) in [5.74, 6) is 6.40. The molecule has 0 spiro atoms. The van der Waals surface area contributed by atoms with Gasteiger partial charge in [0, 0.05) is 13.0 Å². The maximum absolute atomic E-state index is 7.53. The van der Waals surface area contributed by atoms with E-state index in [0.717, 1.165) is 56.3 Å². The van der Waals surface area contributed by atoms with Gasteiger partial charge >= 0.3 is 0 Å². The highest BCUT2D eigenvalue weighted by Gasteiger charge is 2.19. The molecule has 0 radical (unpaired) electrons. The van der Waals surface area contributed by atoms with E-state index in [-0.39, 0.29) is 12.4 Å². The molecule has 29 heavy (non-hydrogen) atoms. The Labute approximate surface area is 179 Å². The van der Waals surface area contributed by atoms with Crippen molar-refractivity contribution < 1.29 is 14.6 Å². The van der Waals surface area contributed by atoms with Gasteiger partial charge in [-0.25, -0.2) is 0 Å². The number of hydrogen-bond acceptors (Lipinski definition) is 3. The van der Waals surface area contributed by atoms with Crippen molar-refractivity contribution in [1.29, 1.82) is 1.43 Å². The summed E-state index contributed by atoms with van der Waals surface area (Å²) >= 11 is 0. The smallest absolute Gasteiger partial charge is 0.212 e. The first-order chi connectivity index (χ1) is 14.7. The Kier molecular flexibility index (Phi) is 10.4. The van der Waals surface area contributed by atoms with E-state index in [1.54, 1.807) is 0 Å². The number of aliphatic hydroxyl groups is 1. The Hall–Kier alpha value is -1.60. The van der Waals surface area contributed by atoms with Gasteiger partial charge in [-0.1, -0.05) is 56.4 Å². The Bertz CT molecular complexity index is 685. The van der Waals surface area contributed by atoms with Crippen LogP contribution < -0.4 is 0 Å². The molecule has 1 heterocycles. The Morgan fingerprint density at radius 3 is 3.00 bits per heavy atom. The van der Waals surface area contributed by atoms with Gasteiger partial charge in [-0.2, -0.15) is 0 Å². The summed E-state index contributed by atoms with van der Waals surface area (Å²) in [6.45, 7) is 8.95. The lowest BCUT2D eigenvalue weighted by molar-refractivity contribution is -0.190. The van der Waals surface area contributed by atoms with Crippen molar-refractivity contribution in [2.24, 2.45) is 0 Å². The molecular weight excluding hydrogens is 360 g/mol. The zero-order valence-corrected chi connectivity index (χ0v) is 18.3. The fraction of sp³-hybridized carbons (Fsp3) is 0.615. The van der Waals surface area contributed by atoms with Crippen LogP contribution in [0.25, 0.3) is 0 Å². The van der Waals surface area contributed by atoms with Crippen molar-refractivity contribution in [1.82, 2.24) is 0 Å². The summed E-state index contributed by atoms with van der Waals surface area (Å²) in [4.78, 5) is 0. The minimum Gasteiger partial charge on any atom is -0.376 e. The van der Waals surface area contributed by atoms with E-state index >= 15 is 0 Å². The maximum atomic E-state index is 7.53. The highest BCUT2D eigenvalue weighted by Crippen LogP contribution is 2.23. The Balaban J connectivity index is 1.97. The van der Waals surface area contributed by atoms with Gasteiger partial charge < -0.3 is 14.6 Å². The molecule has 1 saturated heterocycles. The number of aryl methyl sites for hydroxylation is 1. The van der Waals surface area contributed by atoms with Crippen LogP contribution in [-0.2, 0) is 15.9 Å². The molecular formula is C26H38O3. The topological polar surface area (TPSA) is 38.7 Å². The van der Waals surface area contributed by atoms with E-state index in [9.17, 15) is 0 Å². The van der Waals surface area contributed by atoms with Crippen LogP contribution >= 0.6 is 0 Å². The van der Waals surface area contributed by atoms with Crippen molar-refractivity contribution in [2.45, 2.75) is 96.6 Å². The summed E-state index contributed by atoms with van der Waals surface area (Å²) in [7, 11) is 0. The molecule has 0 aromatic heterocycles. The first-order valence-corrected chi connectivity index (χ1v) is 11.3. The average molecular weight is 401 g/mol. The van der Waals surface area contributed by atoms with Crippen molar-refractivity contribution in [3.05, 3.63) is 47.5 Å². The third kappa shape index (κ3) is 8.34. The molecule has 0 saturated carbocycles. The van der Waals surface area contributed by atoms with Gasteiger partial charge in [-0.15, -0.1) is 12.5 Å². The number of benzene rings is 1. The van der Waals surface area contributed by atoms with Gasteiger partial charge in [0.15, 0.2) is 6.29 Å². The first-order valence-electron chi connectivity index (χ1n) is 11.7. The molecule has 1 aliphatic heterocycles. The second-order valence-electron chi connectivity index (χ2n) is 7.93. The normalized spacial score (nSPS) is 19.0. The summed E-state index contributed by atoms with van der Waals surface area (Å²) < 4.78 is 19.6. The molecule has 160 valence electrons. The van der Waals surface area contributed by atoms with Gasteiger partial charge in [0.2, 0.25) is 1.43 Å². The van der Waals surface area contributed by atoms with Crippen LogP contribution in [0.15, 0.2) is 30.9 Å². The zero-order valence-electron chi connectivity index (χ0n) is 19.3. The van der Waals surface area contributed by atoms with Crippen LogP contribution in [0.3, 0.4) is 0 Å². The van der Waals surface area contributed by atoms with E-state index < -0.39 is 6.10 Å². The van der Waals surface area contributed by atoms with Crippen molar-refractivity contribution >= 4 is 0 Å². The molecule has 3 heteroatoms. The molecule has 2 rings (SSSR count). The number of aliphatic hydroxyl groups excluding tert-OH is 1. The summed E-state index contributed by atoms with van der Waals surface area (Å²) in [5.41, 5.74) is 3.28. The molecule has 0 amide bonds. The maximum Gasteiger partial charge on any atom is 0.212 e. The van der Waals surface area contributed by atoms with Crippen LogP contribution in [0.2, 0.25) is 0 Å². The number of allylic oxidation sites excluding steroid dienone is 1. The van der Waals surface area contributed by atoms with Gasteiger partial charge in [0.05, 0.1) is 6.10 Å². The third-order valence-corrected chi connectivity index (χ3v) is 5.51. The van der Waals surface area contributed by atoms with E-state index in [0.29, 0.717) is 0 Å². The minimum absolute atomic E-state index is 0.0589. The lowest BCUT2D eigenvalue weighted by atomic mass is 9.95. The van der Waals surface area contributed by atoms with Crippen molar-refractivity contribution in [3.63, 3.8) is 0 Å². The fourth-order valence-electron chi connectivity index (χ4n) is 3.81. The standard InChI is InChI=1S/C26H38O3/c1-4-6-7-15-22(29-26-19-10-11-20-28-26)16-8-9-18-25(27)24-17-12-14-21(3)23(24)13-5-2/h5,12,14,17,22,25-27H,2,4,6-8,10-11,13,15-16,19-20H2,1,3H3/t22-,25-,26?/m0/s1/i27T. The van der Waals surface area contributed by atoms with Crippen molar-refractivity contribution in [2.75, 3.05) is 6.61 Å². The summed E-state index contributed by atoms with van der Waals surface area (Å²) in [6.07, 6.45) is 11.8. The summed E-state index contributed by atoms with van der Waals surface area (Å²) in [5, 5.41) is 4.98. The molecule has 3 nitrogen and oxygen atoms in total. The van der Waals surface area contributed by atoms with E-state index in [1.807, 2.05) is 18.2 Å². The second-order valence-corrected chi connectivity index (χ2v) is 7.93. The van der Waals surface area contributed by atoms with Gasteiger partial charge in [-0.3, -0.25) is 0 Å². The second kappa shape index (κ2) is 13.6. The van der Waals surface area contributed by atoms with Gasteiger partial charge in [-0.05, 0) is 62.1 Å². The van der Waals surface area contributed by atoms with E-state index in [1.165, 1.54) is 31.2 Å². The highest BCUT2D eigenvalue weighted by molar-refractivity contribution is 5.40. The van der Waals surface area contributed by atoms with E-state index in [4.69, 9.17) is 16.0 Å². The molecule has 1 aromatic carbocycles. The van der Waals surface area contributed by atoms with Crippen LogP contribution in [0.5, 0.6) is 0 Å². The molecule has 1 unspecified atom stereocenters. The molecule has 1 N–H and O–H groups in total. The number of hydrogen-bond donors (Lipinski definition) is 1. The predicted molar refractivity (Wildman–Crippen MR) is 120 cm³/mol. The molecule has 1 aliphatic rings. The lowest BCUT2D eigenvalue weighted by Gasteiger charge is -2.27. The first kappa shape index (κ1) is 22.1. The van der Waals surface area contributed by atoms with Crippen LogP contribution in [-0.4, -0.2) is 25.5 Å². The monoisotopic (exact) mass is 400 g/mol. The van der Waals surface area contributed by atoms with Crippen LogP contribution in [0.4, 0.5) is 0 Å². The fourth-order valence-corrected chi connectivity index (χ4v) is 3.81. The Morgan fingerprint density at radius 2 is 2.28 bits per heavy atom. The number of rotatable bonds is 12. The van der Waals surface area contributed by atoms with Crippen LogP contribution in [0.1, 0.15) is 87.5 Å². The summed E-state index contributed by atoms with van der Waals surface area (Å²) in [6, 6.07) is 6.06. The third-order valence-electron chi connectivity index (χ3n) is 5.51. The lowest BCUT2D eigenvalue weighted by Crippen LogP contribution is -2.28.